The van der Waals surface area contributed by atoms with Crippen LogP contribution in [-0.4, -0.2) is 17.3 Å². The zero-order valence-electron chi connectivity index (χ0n) is 6.93. The van der Waals surface area contributed by atoms with Gasteiger partial charge in [-0.15, -0.1) is 0 Å². The number of alkyl halides is 2. The Morgan fingerprint density at radius 1 is 1.36 bits per heavy atom. The molecule has 0 unspecified atom stereocenters. The molecule has 0 aromatic carbocycles. The van der Waals surface area contributed by atoms with Crippen LogP contribution in [0.1, 0.15) is 20.8 Å². The first-order valence-electron chi connectivity index (χ1n) is 3.44. The Bertz CT molecular complexity index is 215. The zero-order chi connectivity index (χ0) is 9.12. The molecule has 0 bridgehead atoms. The van der Waals surface area contributed by atoms with E-state index in [0.29, 0.717) is 11.5 Å². The summed E-state index contributed by atoms with van der Waals surface area (Å²) in [5, 5.41) is 0. The molecule has 11 heavy (non-hydrogen) atoms. The highest BCUT2D eigenvalue weighted by molar-refractivity contribution is 14.2. The van der Waals surface area contributed by atoms with Gasteiger partial charge < -0.3 is 0 Å². The van der Waals surface area contributed by atoms with Crippen LogP contribution in [0.3, 0.4) is 0 Å². The molecule has 0 radical (unpaired) electrons. The lowest BCUT2D eigenvalue weighted by molar-refractivity contribution is 0.676. The van der Waals surface area contributed by atoms with Gasteiger partial charge in [-0.05, 0) is 52.1 Å². The second kappa shape index (κ2) is 4.59. The van der Waals surface area contributed by atoms with E-state index in [0.717, 1.165) is 0 Å². The van der Waals surface area contributed by atoms with Crippen LogP contribution in [0, 0.1) is 0 Å². The first kappa shape index (κ1) is 12.4. The van der Waals surface area contributed by atoms with Crippen molar-refractivity contribution in [3.05, 3.63) is 0 Å². The molecule has 5 heteroatoms. The Kier molecular flexibility index (Phi) is 5.18. The fourth-order valence-electron chi connectivity index (χ4n) is 0.625. The van der Waals surface area contributed by atoms with Gasteiger partial charge in [0.2, 0.25) is 0 Å². The topological polar surface area (TPSA) is 29.4 Å². The zero-order valence-corrected chi connectivity index (χ0v) is 12.1. The summed E-state index contributed by atoms with van der Waals surface area (Å²) in [4.78, 5) is 0. The lowest BCUT2D eigenvalue weighted by Crippen LogP contribution is -2.12. The lowest BCUT2D eigenvalue weighted by Gasteiger charge is -2.11. The summed E-state index contributed by atoms with van der Waals surface area (Å²) in [5.74, 6) is 1.32. The largest absolute Gasteiger partial charge is 0.250 e. The maximum absolute atomic E-state index is 11.8. The highest BCUT2D eigenvalue weighted by Crippen LogP contribution is 2.29. The highest BCUT2D eigenvalue weighted by Gasteiger charge is 2.16. The minimum absolute atomic E-state index is 0.224. The quantitative estimate of drug-likeness (QED) is 0.406. The number of rotatable bonds is 3. The molecule has 0 aliphatic carbocycles. The van der Waals surface area contributed by atoms with Crippen LogP contribution in [0.2, 0.25) is 0 Å². The summed E-state index contributed by atoms with van der Waals surface area (Å²) in [6.07, 6.45) is 0. The third-order valence-corrected chi connectivity index (χ3v) is 4.87. The minimum atomic E-state index is -1.91. The van der Waals surface area contributed by atoms with E-state index in [4.69, 9.17) is 0 Å². The Morgan fingerprint density at radius 3 is 1.82 bits per heavy atom. The molecule has 0 aromatic heterocycles. The Morgan fingerprint density at radius 2 is 1.73 bits per heavy atom. The number of nitrogens with zero attached hydrogens (tertiary/aromatic N) is 1. The van der Waals surface area contributed by atoms with Crippen molar-refractivity contribution in [1.29, 1.82) is 0 Å². The van der Waals surface area contributed by atoms with Crippen molar-refractivity contribution in [2.75, 3.05) is 11.5 Å². The van der Waals surface area contributed by atoms with Gasteiger partial charge in [-0.3, -0.25) is 0 Å². The molecule has 0 aliphatic rings. The molecule has 0 fully saturated rings. The summed E-state index contributed by atoms with van der Waals surface area (Å²) < 4.78 is 15.8. The molecule has 68 valence electrons. The van der Waals surface area contributed by atoms with Crippen molar-refractivity contribution in [2.45, 2.75) is 22.3 Å². The maximum Gasteiger partial charge on any atom is 0.168 e. The van der Waals surface area contributed by atoms with E-state index in [1.807, 2.05) is 20.8 Å². The molecule has 2 nitrogen and oxygen atoms in total. The fraction of sp³-hybridized carbons (Fsp3) is 1.00. The van der Waals surface area contributed by atoms with Crippen molar-refractivity contribution >= 4 is 54.9 Å². The molecule has 0 saturated carbocycles. The van der Waals surface area contributed by atoms with Crippen LogP contribution in [0.4, 0.5) is 0 Å². The molecule has 0 saturated heterocycles. The summed E-state index contributed by atoms with van der Waals surface area (Å²) in [7, 11) is -1.91. The van der Waals surface area contributed by atoms with Crippen LogP contribution in [0.5, 0.6) is 0 Å². The van der Waals surface area contributed by atoms with Gasteiger partial charge in [0, 0.05) is 21.2 Å². The van der Waals surface area contributed by atoms with Crippen LogP contribution in [0.15, 0.2) is 4.36 Å². The van der Waals surface area contributed by atoms with Crippen molar-refractivity contribution in [2.24, 2.45) is 4.36 Å². The molecule has 0 rings (SSSR count). The van der Waals surface area contributed by atoms with E-state index < -0.39 is 9.73 Å². The van der Waals surface area contributed by atoms with Gasteiger partial charge in [-0.25, -0.2) is 8.57 Å². The van der Waals surface area contributed by atoms with Gasteiger partial charge >= 0.3 is 0 Å². The van der Waals surface area contributed by atoms with Gasteiger partial charge in [-0.1, -0.05) is 13.8 Å². The number of halogens is 2. The monoisotopic (exact) mass is 401 g/mol. The Balaban J connectivity index is 4.78. The van der Waals surface area contributed by atoms with Crippen LogP contribution >= 0.6 is 45.2 Å². The molecule has 0 atom stereocenters. The molecule has 0 N–H and O–H groups in total. The molecule has 0 heterocycles. The van der Waals surface area contributed by atoms with E-state index >= 15 is 0 Å². The molecule has 0 aliphatic heterocycles. The fourth-order valence-corrected chi connectivity index (χ4v) is 4.03. The van der Waals surface area contributed by atoms with Crippen molar-refractivity contribution < 1.29 is 4.21 Å². The maximum atomic E-state index is 11.8. The molecule has 0 aromatic rings. The van der Waals surface area contributed by atoms with Gasteiger partial charge in [-0.2, -0.15) is 0 Å². The van der Waals surface area contributed by atoms with Crippen LogP contribution in [0.25, 0.3) is 0 Å². The normalized spacial score (nSPS) is 13.2. The number of hydrogen-bond donors (Lipinski definition) is 0. The first-order chi connectivity index (χ1) is 4.83. The van der Waals surface area contributed by atoms with Gasteiger partial charge in [0.25, 0.3) is 0 Å². The molecular formula is C6H13I2NOS. The SMILES string of the molecule is CCS(=O)(CC)=NC(C)(I)I. The van der Waals surface area contributed by atoms with Gasteiger partial charge in [0.05, 0.1) is 0 Å². The van der Waals surface area contributed by atoms with Crippen LogP contribution in [-0.2, 0) is 9.73 Å². The van der Waals surface area contributed by atoms with E-state index in [-0.39, 0.29) is 1.55 Å². The van der Waals surface area contributed by atoms with E-state index in [1.54, 1.807) is 0 Å². The number of hydrogen-bond acceptors (Lipinski definition) is 2. The van der Waals surface area contributed by atoms with E-state index in [2.05, 4.69) is 49.5 Å². The average Bonchev–Trinajstić information content (AvgIpc) is 1.84. The Hall–Kier alpha value is 1.41. The van der Waals surface area contributed by atoms with Crippen molar-refractivity contribution in [3.63, 3.8) is 0 Å². The summed E-state index contributed by atoms with van der Waals surface area (Å²) in [6.45, 7) is 5.81. The molecule has 0 amide bonds. The molecular weight excluding hydrogens is 388 g/mol. The smallest absolute Gasteiger partial charge is 0.168 e. The van der Waals surface area contributed by atoms with E-state index in [1.165, 1.54) is 0 Å². The predicted octanol–water partition coefficient (Wildman–Crippen LogP) is 3.04. The third-order valence-electron chi connectivity index (χ3n) is 1.23. The minimum Gasteiger partial charge on any atom is -0.250 e. The van der Waals surface area contributed by atoms with Crippen molar-refractivity contribution in [1.82, 2.24) is 0 Å². The van der Waals surface area contributed by atoms with Crippen molar-refractivity contribution in [3.8, 4) is 0 Å². The second-order valence-electron chi connectivity index (χ2n) is 2.28. The summed E-state index contributed by atoms with van der Waals surface area (Å²) >= 11 is 4.38. The summed E-state index contributed by atoms with van der Waals surface area (Å²) in [6, 6.07) is 0. The predicted molar refractivity (Wildman–Crippen MR) is 68.1 cm³/mol. The lowest BCUT2D eigenvalue weighted by atomic mass is 10.8. The van der Waals surface area contributed by atoms with Crippen LogP contribution < -0.4 is 0 Å². The highest BCUT2D eigenvalue weighted by atomic mass is 127. The average molecular weight is 401 g/mol. The standard InChI is InChI=1S/C6H13I2NOS/c1-4-11(10,5-2)9-6(3,7)8/h4-5H2,1-3H3. The first-order valence-corrected chi connectivity index (χ1v) is 7.45. The third kappa shape index (κ3) is 5.62. The van der Waals surface area contributed by atoms with Gasteiger partial charge in [0.15, 0.2) is 1.55 Å². The van der Waals surface area contributed by atoms with Gasteiger partial charge in [0.1, 0.15) is 0 Å². The molecule has 0 spiro atoms. The second-order valence-corrected chi connectivity index (χ2v) is 11.4. The van der Waals surface area contributed by atoms with E-state index in [9.17, 15) is 4.21 Å². The Labute approximate surface area is 96.4 Å². The summed E-state index contributed by atoms with van der Waals surface area (Å²) in [5.41, 5.74) is 0.